The van der Waals surface area contributed by atoms with Gasteiger partial charge < -0.3 is 4.74 Å². The number of carbonyl (C=O) groups is 1. The van der Waals surface area contributed by atoms with E-state index >= 15 is 0 Å². The first-order valence-electron chi connectivity index (χ1n) is 4.60. The van der Waals surface area contributed by atoms with Gasteiger partial charge in [0.1, 0.15) is 0 Å². The van der Waals surface area contributed by atoms with Crippen LogP contribution in [0.25, 0.3) is 0 Å². The zero-order valence-electron chi connectivity index (χ0n) is 8.67. The van der Waals surface area contributed by atoms with Crippen molar-refractivity contribution in [2.75, 3.05) is 7.11 Å². The van der Waals surface area contributed by atoms with E-state index in [1.807, 2.05) is 6.92 Å². The molecule has 0 aromatic heterocycles. The normalized spacial score (nSPS) is 12.1. The SMILES string of the molecule is CCC=CCCC(C)=CC(=O)OC. The Morgan fingerprint density at radius 1 is 1.38 bits per heavy atom. The lowest BCUT2D eigenvalue weighted by Crippen LogP contribution is -1.95. The Kier molecular flexibility index (Phi) is 6.98. The van der Waals surface area contributed by atoms with Gasteiger partial charge in [0.15, 0.2) is 0 Å². The van der Waals surface area contributed by atoms with Crippen molar-refractivity contribution < 1.29 is 9.53 Å². The molecule has 2 heteroatoms. The molecule has 0 unspecified atom stereocenters. The van der Waals surface area contributed by atoms with Gasteiger partial charge in [0.25, 0.3) is 0 Å². The first kappa shape index (κ1) is 11.9. The Balaban J connectivity index is 3.73. The van der Waals surface area contributed by atoms with Crippen LogP contribution >= 0.6 is 0 Å². The van der Waals surface area contributed by atoms with Gasteiger partial charge in [-0.2, -0.15) is 0 Å². The largest absolute Gasteiger partial charge is 0.466 e. The number of ether oxygens (including phenoxy) is 1. The summed E-state index contributed by atoms with van der Waals surface area (Å²) < 4.78 is 4.51. The first-order chi connectivity index (χ1) is 6.20. The molecular formula is C11H18O2. The number of hydrogen-bond donors (Lipinski definition) is 0. The van der Waals surface area contributed by atoms with Crippen molar-refractivity contribution in [1.29, 1.82) is 0 Å². The highest BCUT2D eigenvalue weighted by Gasteiger charge is 1.94. The van der Waals surface area contributed by atoms with Crippen molar-refractivity contribution in [3.63, 3.8) is 0 Å². The third kappa shape index (κ3) is 7.32. The van der Waals surface area contributed by atoms with Crippen LogP contribution in [0.2, 0.25) is 0 Å². The molecule has 0 N–H and O–H groups in total. The molecule has 0 amide bonds. The molecule has 0 bridgehead atoms. The molecule has 0 aromatic rings. The van der Waals surface area contributed by atoms with E-state index in [9.17, 15) is 4.79 Å². The predicted octanol–water partition coefficient (Wildman–Crippen LogP) is 2.85. The van der Waals surface area contributed by atoms with Crippen molar-refractivity contribution in [1.82, 2.24) is 0 Å². The Morgan fingerprint density at radius 2 is 2.08 bits per heavy atom. The summed E-state index contributed by atoms with van der Waals surface area (Å²) >= 11 is 0. The van der Waals surface area contributed by atoms with E-state index in [1.54, 1.807) is 6.08 Å². The fourth-order valence-corrected chi connectivity index (χ4v) is 0.928. The molecule has 0 aliphatic carbocycles. The van der Waals surface area contributed by atoms with Gasteiger partial charge in [0, 0.05) is 6.08 Å². The van der Waals surface area contributed by atoms with E-state index in [4.69, 9.17) is 0 Å². The van der Waals surface area contributed by atoms with Crippen LogP contribution in [0, 0.1) is 0 Å². The maximum absolute atomic E-state index is 10.8. The van der Waals surface area contributed by atoms with Crippen molar-refractivity contribution in [3.05, 3.63) is 23.8 Å². The van der Waals surface area contributed by atoms with Gasteiger partial charge in [-0.05, 0) is 26.2 Å². The summed E-state index contributed by atoms with van der Waals surface area (Å²) in [5.41, 5.74) is 1.06. The molecule has 0 fully saturated rings. The molecule has 2 nitrogen and oxygen atoms in total. The number of methoxy groups -OCH3 is 1. The van der Waals surface area contributed by atoms with E-state index in [-0.39, 0.29) is 5.97 Å². The fraction of sp³-hybridized carbons (Fsp3) is 0.545. The smallest absolute Gasteiger partial charge is 0.330 e. The highest BCUT2D eigenvalue weighted by atomic mass is 16.5. The maximum Gasteiger partial charge on any atom is 0.330 e. The minimum Gasteiger partial charge on any atom is -0.466 e. The fourth-order valence-electron chi connectivity index (χ4n) is 0.928. The summed E-state index contributed by atoms with van der Waals surface area (Å²) in [5.74, 6) is -0.267. The molecule has 0 saturated carbocycles. The molecule has 0 atom stereocenters. The van der Waals surface area contributed by atoms with E-state index in [0.29, 0.717) is 0 Å². The topological polar surface area (TPSA) is 26.3 Å². The van der Waals surface area contributed by atoms with Gasteiger partial charge in [-0.3, -0.25) is 0 Å². The molecule has 0 rings (SSSR count). The minimum atomic E-state index is -0.267. The van der Waals surface area contributed by atoms with Gasteiger partial charge in [-0.25, -0.2) is 4.79 Å². The average Bonchev–Trinajstić information content (AvgIpc) is 2.12. The summed E-state index contributed by atoms with van der Waals surface area (Å²) in [6.45, 7) is 4.05. The van der Waals surface area contributed by atoms with E-state index in [0.717, 1.165) is 24.8 Å². The summed E-state index contributed by atoms with van der Waals surface area (Å²) in [7, 11) is 1.39. The Bertz CT molecular complexity index is 202. The highest BCUT2D eigenvalue weighted by molar-refractivity contribution is 5.82. The lowest BCUT2D eigenvalue weighted by Gasteiger charge is -1.96. The van der Waals surface area contributed by atoms with Crippen LogP contribution < -0.4 is 0 Å². The zero-order chi connectivity index (χ0) is 10.1. The average molecular weight is 182 g/mol. The van der Waals surface area contributed by atoms with Gasteiger partial charge >= 0.3 is 5.97 Å². The van der Waals surface area contributed by atoms with Gasteiger partial charge in [0.05, 0.1) is 7.11 Å². The monoisotopic (exact) mass is 182 g/mol. The third-order valence-electron chi connectivity index (χ3n) is 1.67. The molecule has 0 aromatic carbocycles. The lowest BCUT2D eigenvalue weighted by molar-refractivity contribution is -0.134. The Hall–Kier alpha value is -1.05. The highest BCUT2D eigenvalue weighted by Crippen LogP contribution is 2.04. The molecule has 0 saturated heterocycles. The zero-order valence-corrected chi connectivity index (χ0v) is 8.67. The Labute approximate surface area is 80.3 Å². The molecule has 74 valence electrons. The van der Waals surface area contributed by atoms with Crippen LogP contribution in [0.3, 0.4) is 0 Å². The minimum absolute atomic E-state index is 0.267. The van der Waals surface area contributed by atoms with Gasteiger partial charge in [-0.15, -0.1) is 0 Å². The molecule has 0 aliphatic heterocycles. The number of carbonyl (C=O) groups excluding carboxylic acids is 1. The standard InChI is InChI=1S/C11H18O2/c1-4-5-6-7-8-10(2)9-11(12)13-3/h5-6,9H,4,7-8H2,1-3H3. The van der Waals surface area contributed by atoms with Gasteiger partial charge in [-0.1, -0.05) is 24.6 Å². The van der Waals surface area contributed by atoms with E-state index in [2.05, 4.69) is 23.8 Å². The second kappa shape index (κ2) is 7.59. The van der Waals surface area contributed by atoms with Crippen LogP contribution in [0.4, 0.5) is 0 Å². The number of esters is 1. The van der Waals surface area contributed by atoms with Crippen molar-refractivity contribution in [3.8, 4) is 0 Å². The molecular weight excluding hydrogens is 164 g/mol. The first-order valence-corrected chi connectivity index (χ1v) is 4.60. The van der Waals surface area contributed by atoms with E-state index in [1.165, 1.54) is 7.11 Å². The van der Waals surface area contributed by atoms with E-state index < -0.39 is 0 Å². The molecule has 0 heterocycles. The summed E-state index contributed by atoms with van der Waals surface area (Å²) in [6, 6.07) is 0. The Morgan fingerprint density at radius 3 is 2.62 bits per heavy atom. The molecule has 13 heavy (non-hydrogen) atoms. The number of hydrogen-bond acceptors (Lipinski definition) is 2. The second-order valence-electron chi connectivity index (χ2n) is 2.93. The number of rotatable bonds is 5. The molecule has 0 spiro atoms. The van der Waals surface area contributed by atoms with Crippen molar-refractivity contribution in [2.45, 2.75) is 33.1 Å². The van der Waals surface area contributed by atoms with Crippen LogP contribution in [0.5, 0.6) is 0 Å². The molecule has 0 aliphatic rings. The van der Waals surface area contributed by atoms with Crippen LogP contribution in [0.1, 0.15) is 33.1 Å². The lowest BCUT2D eigenvalue weighted by atomic mass is 10.1. The maximum atomic E-state index is 10.8. The molecule has 0 radical (unpaired) electrons. The predicted molar refractivity (Wildman–Crippen MR) is 54.4 cm³/mol. The van der Waals surface area contributed by atoms with Crippen LogP contribution in [0.15, 0.2) is 23.8 Å². The summed E-state index contributed by atoms with van der Waals surface area (Å²) in [6.07, 6.45) is 8.79. The quantitative estimate of drug-likeness (QED) is 0.371. The van der Waals surface area contributed by atoms with Crippen molar-refractivity contribution in [2.24, 2.45) is 0 Å². The third-order valence-corrected chi connectivity index (χ3v) is 1.67. The van der Waals surface area contributed by atoms with Crippen LogP contribution in [-0.4, -0.2) is 13.1 Å². The summed E-state index contributed by atoms with van der Waals surface area (Å²) in [5, 5.41) is 0. The summed E-state index contributed by atoms with van der Waals surface area (Å²) in [4.78, 5) is 10.8. The van der Waals surface area contributed by atoms with Crippen LogP contribution in [-0.2, 0) is 9.53 Å². The van der Waals surface area contributed by atoms with Crippen molar-refractivity contribution >= 4 is 5.97 Å². The van der Waals surface area contributed by atoms with Gasteiger partial charge in [0.2, 0.25) is 0 Å². The number of allylic oxidation sites excluding steroid dienone is 3. The second-order valence-corrected chi connectivity index (χ2v) is 2.93.